The van der Waals surface area contributed by atoms with E-state index in [1.165, 1.54) is 6.92 Å². The highest BCUT2D eigenvalue weighted by Crippen LogP contribution is 2.31. The van der Waals surface area contributed by atoms with Crippen LogP contribution in [0.15, 0.2) is 109 Å². The number of pyridine rings is 2. The molecule has 0 saturated heterocycles. The van der Waals surface area contributed by atoms with E-state index in [4.69, 9.17) is 31.8 Å². The number of aromatic nitrogens is 2. The van der Waals surface area contributed by atoms with Crippen LogP contribution in [0.3, 0.4) is 0 Å². The molecule has 19 nitrogen and oxygen atoms in total. The van der Waals surface area contributed by atoms with Gasteiger partial charge in [0.2, 0.25) is 17.7 Å². The summed E-state index contributed by atoms with van der Waals surface area (Å²) >= 11 is 0. The molecular formula is C58H72N10O9. The highest BCUT2D eigenvalue weighted by atomic mass is 16.6. The largest absolute Gasteiger partial charge is 0.480 e. The molecular weight excluding hydrogens is 981 g/mol. The van der Waals surface area contributed by atoms with Gasteiger partial charge in [-0.3, -0.25) is 19.2 Å². The van der Waals surface area contributed by atoms with E-state index in [1.807, 2.05) is 97.1 Å². The van der Waals surface area contributed by atoms with Gasteiger partial charge in [-0.05, 0) is 161 Å². The van der Waals surface area contributed by atoms with Crippen LogP contribution < -0.4 is 43.8 Å². The summed E-state index contributed by atoms with van der Waals surface area (Å²) in [5, 5.41) is 26.4. The predicted molar refractivity (Wildman–Crippen MR) is 296 cm³/mol. The Kier molecular flexibility index (Phi) is 19.2. The maximum absolute atomic E-state index is 13.4. The van der Waals surface area contributed by atoms with Gasteiger partial charge >= 0.3 is 18.2 Å². The maximum Gasteiger partial charge on any atom is 0.408 e. The molecule has 8 rings (SSSR count). The number of nitrogen functional groups attached to an aromatic ring is 2. The van der Waals surface area contributed by atoms with Crippen LogP contribution in [-0.2, 0) is 67.4 Å². The van der Waals surface area contributed by atoms with Gasteiger partial charge in [0.05, 0.1) is 0 Å². The average molecular weight is 1050 g/mol. The number of anilines is 2. The van der Waals surface area contributed by atoms with Gasteiger partial charge in [0, 0.05) is 36.3 Å². The number of benzene rings is 4. The van der Waals surface area contributed by atoms with Gasteiger partial charge in [0.1, 0.15) is 47.0 Å². The lowest BCUT2D eigenvalue weighted by Crippen LogP contribution is -2.56. The topological polar surface area (TPSA) is 305 Å². The van der Waals surface area contributed by atoms with Crippen LogP contribution in [0.5, 0.6) is 0 Å². The minimum Gasteiger partial charge on any atom is -0.480 e. The average Bonchev–Trinajstić information content (AvgIpc) is 4.01. The Morgan fingerprint density at radius 3 is 1.35 bits per heavy atom. The number of carboxylic acids is 1. The number of hydrogen-bond acceptors (Lipinski definition) is 13. The molecule has 2 aromatic heterocycles. The lowest BCUT2D eigenvalue weighted by molar-refractivity contribution is -0.141. The first-order valence-electron chi connectivity index (χ1n) is 25.6. The van der Waals surface area contributed by atoms with Gasteiger partial charge in [0.15, 0.2) is 0 Å². The number of amides is 5. The van der Waals surface area contributed by atoms with Crippen molar-refractivity contribution in [1.82, 2.24) is 36.6 Å². The number of carbonyl (C=O) groups is 6. The summed E-state index contributed by atoms with van der Waals surface area (Å²) in [5.74, 6) is -1.72. The molecule has 2 aliphatic carbocycles. The number of rotatable bonds is 13. The molecule has 4 aromatic carbocycles. The van der Waals surface area contributed by atoms with Crippen LogP contribution in [-0.4, -0.2) is 86.3 Å². The Labute approximate surface area is 448 Å². The van der Waals surface area contributed by atoms with Crippen LogP contribution in [0.25, 0.3) is 21.5 Å². The Bertz CT molecular complexity index is 3050. The fourth-order valence-electron chi connectivity index (χ4n) is 9.14. The highest BCUT2D eigenvalue weighted by molar-refractivity contribution is 5.93. The molecule has 0 bridgehead atoms. The molecule has 19 heteroatoms. The van der Waals surface area contributed by atoms with Crippen LogP contribution in [0.1, 0.15) is 88.8 Å². The molecule has 2 heterocycles. The Balaban J connectivity index is 0.000000211. The molecule has 6 aromatic rings. The summed E-state index contributed by atoms with van der Waals surface area (Å²) < 4.78 is 10.7. The number of fused-ring (bicyclic) bond motifs is 4. The summed E-state index contributed by atoms with van der Waals surface area (Å²) in [5.41, 5.74) is 22.3. The molecule has 77 heavy (non-hydrogen) atoms. The van der Waals surface area contributed by atoms with Crippen LogP contribution >= 0.6 is 0 Å². The second-order valence-electron chi connectivity index (χ2n) is 21.3. The van der Waals surface area contributed by atoms with E-state index in [0.29, 0.717) is 43.9 Å². The van der Waals surface area contributed by atoms with Crippen LogP contribution in [0, 0.1) is 11.8 Å². The predicted octanol–water partition coefficient (Wildman–Crippen LogP) is 6.41. The first kappa shape index (κ1) is 57.9. The lowest BCUT2D eigenvalue weighted by Gasteiger charge is -2.27. The van der Waals surface area contributed by atoms with Gasteiger partial charge in [0.25, 0.3) is 0 Å². The molecule has 0 unspecified atom stereocenters. The third-order valence-electron chi connectivity index (χ3n) is 12.9. The maximum atomic E-state index is 13.4. The zero-order valence-electron chi connectivity index (χ0n) is 44.9. The number of nitrogens with zero attached hydrogens (tertiary/aromatic N) is 2. The van der Waals surface area contributed by atoms with Crippen molar-refractivity contribution in [3.63, 3.8) is 0 Å². The number of alkyl carbamates (subject to hydrolysis) is 2. The lowest BCUT2D eigenvalue weighted by atomic mass is 9.95. The summed E-state index contributed by atoms with van der Waals surface area (Å²) in [7, 11) is 0. The Morgan fingerprint density at radius 1 is 0.571 bits per heavy atom. The number of ether oxygens (including phenoxy) is 2. The van der Waals surface area contributed by atoms with E-state index in [0.717, 1.165) is 54.9 Å². The number of aliphatic carboxylic acids is 1. The van der Waals surface area contributed by atoms with Crippen molar-refractivity contribution in [2.24, 2.45) is 17.6 Å². The zero-order chi connectivity index (χ0) is 56.2. The van der Waals surface area contributed by atoms with Gasteiger partial charge in [-0.15, -0.1) is 0 Å². The van der Waals surface area contributed by atoms with Crippen molar-refractivity contribution < 1.29 is 43.3 Å². The molecule has 12 N–H and O–H groups in total. The molecule has 0 radical (unpaired) electrons. The van der Waals surface area contributed by atoms with Crippen molar-refractivity contribution in [2.45, 2.75) is 130 Å². The molecule has 408 valence electrons. The number of carboxylic acid groups (broad SMARTS) is 1. The first-order chi connectivity index (χ1) is 36.4. The van der Waals surface area contributed by atoms with E-state index >= 15 is 0 Å². The first-order valence-corrected chi connectivity index (χ1v) is 25.6. The third-order valence-corrected chi connectivity index (χ3v) is 12.9. The normalized spacial score (nSPS) is 14.6. The summed E-state index contributed by atoms with van der Waals surface area (Å²) in [6, 6.07) is 27.7. The minimum atomic E-state index is -1.14. The van der Waals surface area contributed by atoms with Crippen molar-refractivity contribution in [2.75, 3.05) is 11.5 Å². The van der Waals surface area contributed by atoms with Crippen LogP contribution in [0.2, 0.25) is 0 Å². The van der Waals surface area contributed by atoms with Gasteiger partial charge < -0.3 is 58.4 Å². The molecule has 0 fully saturated rings. The molecule has 0 saturated carbocycles. The van der Waals surface area contributed by atoms with E-state index in [9.17, 15) is 28.8 Å². The molecule has 0 spiro atoms. The van der Waals surface area contributed by atoms with Gasteiger partial charge in [-0.1, -0.05) is 72.8 Å². The van der Waals surface area contributed by atoms with Crippen molar-refractivity contribution in [3.05, 3.63) is 143 Å². The molecule has 0 aliphatic heterocycles. The van der Waals surface area contributed by atoms with Crippen molar-refractivity contribution in [1.29, 1.82) is 0 Å². The molecule has 5 amide bonds. The second-order valence-corrected chi connectivity index (χ2v) is 21.3. The van der Waals surface area contributed by atoms with Crippen molar-refractivity contribution in [3.8, 4) is 0 Å². The third kappa shape index (κ3) is 16.6. The molecule has 2 aliphatic rings. The summed E-state index contributed by atoms with van der Waals surface area (Å²) in [6.45, 7) is 14.3. The fraction of sp³-hybridized carbons (Fsp3) is 0.379. The summed E-state index contributed by atoms with van der Waals surface area (Å²) in [4.78, 5) is 82.8. The smallest absolute Gasteiger partial charge is 0.408 e. The SMILES string of the molecule is C[C@H](NC(=O)[C@H](NC(=O)OC(C)(C)C)C1Cc2ccccc2C1)C(=O)NCc1ccc2c(N)nccc2c1.C[C@H](NC(=O)[C@H](NC(=O)OC(C)(C)C)C1Cc2ccccc2C1)C(=O)O.NCc1ccc2c(N)nccc2c1. The standard InChI is InChI=1S/C29H35N5O4.C19H26N2O5.C10H11N3/c1-17(26(35)32-16-18-9-10-23-21(13-18)11-12-31-25(23)30)33-27(36)24(34-28(37)38-29(2,3)4)22-14-19-7-5-6-8-20(19)15-22;1-11(17(23)24)20-16(22)15(21-18(25)26-19(2,3)4)14-9-12-7-5-6-8-13(12)10-14;11-6-7-1-2-9-8(5-7)3-4-13-10(9)12/h5-13,17,22,24H,14-16H2,1-4H3,(H2,30,31)(H,32,35)(H,33,36)(H,34,37);5-8,11,14-15H,9-10H2,1-4H3,(H,20,22)(H,21,25)(H,23,24);1-5H,6,11H2,(H2,12,13)/t17-,24+;11-,15+;/m00./s1. The van der Waals surface area contributed by atoms with Gasteiger partial charge in [-0.25, -0.2) is 19.6 Å². The van der Waals surface area contributed by atoms with E-state index in [-0.39, 0.29) is 24.3 Å². The quantitative estimate of drug-likeness (QED) is 0.0604. The monoisotopic (exact) mass is 1050 g/mol. The van der Waals surface area contributed by atoms with E-state index in [1.54, 1.807) is 60.9 Å². The van der Waals surface area contributed by atoms with Crippen molar-refractivity contribution >= 4 is 69.1 Å². The van der Waals surface area contributed by atoms with E-state index in [2.05, 4.69) is 36.6 Å². The number of nitrogens with two attached hydrogens (primary N) is 3. The number of hydrogen-bond donors (Lipinski definition) is 9. The number of nitrogens with one attached hydrogen (secondary N) is 5. The Hall–Kier alpha value is -8.32. The Morgan fingerprint density at radius 2 is 0.961 bits per heavy atom. The van der Waals surface area contributed by atoms with E-state index < -0.39 is 65.3 Å². The fourth-order valence-corrected chi connectivity index (χ4v) is 9.14. The minimum absolute atomic E-state index is 0.158. The molecule has 4 atom stereocenters. The summed E-state index contributed by atoms with van der Waals surface area (Å²) in [6.07, 6.45) is 4.53. The second kappa shape index (κ2) is 25.5. The number of carbonyl (C=O) groups excluding carboxylic acids is 5. The highest BCUT2D eigenvalue weighted by Gasteiger charge is 2.38. The van der Waals surface area contributed by atoms with Gasteiger partial charge in [-0.2, -0.15) is 0 Å². The zero-order valence-corrected chi connectivity index (χ0v) is 44.9. The van der Waals surface area contributed by atoms with Crippen LogP contribution in [0.4, 0.5) is 21.2 Å².